The number of methoxy groups -OCH3 is 1. The van der Waals surface area contributed by atoms with Gasteiger partial charge in [-0.1, -0.05) is 12.0 Å². The molecule has 2 aromatic heterocycles. The zero-order valence-electron chi connectivity index (χ0n) is 25.9. The molecule has 2 aromatic carbocycles. The molecule has 1 aliphatic carbocycles. The predicted molar refractivity (Wildman–Crippen MR) is 171 cm³/mol. The fraction of sp³-hybridized carbons (Fsp3) is 0.457. The molecule has 11 heteroatoms. The summed E-state index contributed by atoms with van der Waals surface area (Å²) in [4.78, 5) is 26.9. The molecule has 0 bridgehead atoms. The van der Waals surface area contributed by atoms with Crippen molar-refractivity contribution in [2.75, 3.05) is 31.6 Å². The molecule has 4 aromatic rings. The van der Waals surface area contributed by atoms with Crippen molar-refractivity contribution in [2.45, 2.75) is 75.7 Å². The Labute approximate surface area is 264 Å². The van der Waals surface area contributed by atoms with E-state index in [1.54, 1.807) is 6.92 Å². The Morgan fingerprint density at radius 1 is 1.15 bits per heavy atom. The van der Waals surface area contributed by atoms with Crippen molar-refractivity contribution in [3.8, 4) is 35.4 Å². The number of hydrogen-bond donors (Lipinski definition) is 2. The van der Waals surface area contributed by atoms with Gasteiger partial charge in [-0.05, 0) is 82.0 Å². The Bertz CT molecular complexity index is 1940. The topological polar surface area (TPSA) is 112 Å². The van der Waals surface area contributed by atoms with Crippen LogP contribution in [-0.4, -0.2) is 75.7 Å². The van der Waals surface area contributed by atoms with E-state index in [0.29, 0.717) is 53.2 Å². The normalized spacial score (nSPS) is 23.3. The summed E-state index contributed by atoms with van der Waals surface area (Å²) >= 11 is 0. The van der Waals surface area contributed by atoms with Crippen molar-refractivity contribution < 1.29 is 28.1 Å². The number of aliphatic hydroxyl groups excluding tert-OH is 1. The van der Waals surface area contributed by atoms with E-state index in [1.165, 1.54) is 44.2 Å². The van der Waals surface area contributed by atoms with Gasteiger partial charge in [-0.25, -0.2) is 13.6 Å². The maximum absolute atomic E-state index is 14.7. The molecule has 1 saturated carbocycles. The van der Waals surface area contributed by atoms with Crippen molar-refractivity contribution in [3.63, 3.8) is 0 Å². The molecule has 8 rings (SSSR count). The number of piperidine rings is 1. The molecule has 3 unspecified atom stereocenters. The number of aromatic nitrogens is 2. The number of anilines is 1. The minimum Gasteiger partial charge on any atom is -0.508 e. The summed E-state index contributed by atoms with van der Waals surface area (Å²) in [6, 6.07) is 6.26. The summed E-state index contributed by atoms with van der Waals surface area (Å²) in [7, 11) is 1.44. The first-order valence-corrected chi connectivity index (χ1v) is 15.8. The van der Waals surface area contributed by atoms with E-state index < -0.39 is 23.7 Å². The van der Waals surface area contributed by atoms with Gasteiger partial charge in [0.1, 0.15) is 28.9 Å². The molecule has 240 valence electrons. The summed E-state index contributed by atoms with van der Waals surface area (Å²) in [5, 5.41) is 21.9. The number of rotatable bonds is 3. The molecule has 4 fully saturated rings. The number of alkyl halides is 1. The second-order valence-electron chi connectivity index (χ2n) is 12.9. The fourth-order valence-corrected chi connectivity index (χ4v) is 7.57. The lowest BCUT2D eigenvalue weighted by molar-refractivity contribution is 0.138. The van der Waals surface area contributed by atoms with E-state index in [0.717, 1.165) is 32.2 Å². The lowest BCUT2D eigenvalue weighted by Gasteiger charge is -2.39. The number of ether oxygens (including phenoxy) is 1. The van der Waals surface area contributed by atoms with Gasteiger partial charge in [0, 0.05) is 41.2 Å². The van der Waals surface area contributed by atoms with Gasteiger partial charge in [0.25, 0.3) is 0 Å². The smallest absolute Gasteiger partial charge is 0.349 e. The number of phenolic OH excluding ortho intramolecular Hbond substituents is 1. The first-order valence-electron chi connectivity index (χ1n) is 15.8. The molecule has 3 saturated heterocycles. The van der Waals surface area contributed by atoms with Gasteiger partial charge in [-0.15, -0.1) is 6.42 Å². The van der Waals surface area contributed by atoms with Crippen LogP contribution in [0.4, 0.5) is 14.6 Å². The molecule has 0 radical (unpaired) electrons. The minimum atomic E-state index is -0.695. The Morgan fingerprint density at radius 2 is 1.96 bits per heavy atom. The standard InChI is InChI=1S/C28H24FN3O5.C7H12FN/c1-4-18-20(29)6-5-15-11-17(34)12-19(21(15)18)24-14(2)23-22(26(35)37-24)25(31-27(30-23)36-3)32-13-16(33)7-8-28(32)9-10-28;8-6-4-7-2-1-3-9(7)5-6/h1,5-6,11-12,16,33-34H,7-10,13H2,2-3H3;6-7H,1-5H2. The quantitative estimate of drug-likeness (QED) is 0.294. The van der Waals surface area contributed by atoms with Gasteiger partial charge in [-0.3, -0.25) is 4.90 Å². The summed E-state index contributed by atoms with van der Waals surface area (Å²) in [6.07, 6.45) is 11.2. The zero-order chi connectivity index (χ0) is 32.3. The molecule has 9 nitrogen and oxygen atoms in total. The largest absolute Gasteiger partial charge is 0.508 e. The van der Waals surface area contributed by atoms with Crippen molar-refractivity contribution in [1.82, 2.24) is 14.9 Å². The van der Waals surface area contributed by atoms with Crippen LogP contribution < -0.4 is 15.3 Å². The number of aliphatic hydroxyl groups is 1. The van der Waals surface area contributed by atoms with Crippen molar-refractivity contribution in [3.05, 3.63) is 51.6 Å². The average molecular weight is 631 g/mol. The highest BCUT2D eigenvalue weighted by Crippen LogP contribution is 2.51. The van der Waals surface area contributed by atoms with Crippen LogP contribution in [0.1, 0.15) is 56.1 Å². The van der Waals surface area contributed by atoms with Crippen LogP contribution in [0.25, 0.3) is 33.0 Å². The lowest BCUT2D eigenvalue weighted by Crippen LogP contribution is -2.48. The third kappa shape index (κ3) is 5.13. The first kappa shape index (κ1) is 30.4. The number of β-amino-alcohol motifs (C(OH)–C–C–N with tert-alkyl or cyclic N) is 1. The molecule has 1 spiro atoms. The summed E-state index contributed by atoms with van der Waals surface area (Å²) < 4.78 is 38.5. The summed E-state index contributed by atoms with van der Waals surface area (Å²) in [6.45, 7) is 3.91. The SMILES string of the molecule is C#Cc1c(F)ccc2cc(O)cc(-c3oc(=O)c4c(N5CC(O)CCC56CC6)nc(OC)nc4c3C)c12.FC1CC2CCCN2C1. The second kappa shape index (κ2) is 11.5. The van der Waals surface area contributed by atoms with Gasteiger partial charge in [-0.2, -0.15) is 9.97 Å². The number of aryl methyl sites for hydroxylation is 1. The number of hydrogen-bond acceptors (Lipinski definition) is 9. The number of fused-ring (bicyclic) bond motifs is 3. The van der Waals surface area contributed by atoms with Gasteiger partial charge >= 0.3 is 11.6 Å². The summed E-state index contributed by atoms with van der Waals surface area (Å²) in [5.74, 6) is 2.14. The molecule has 3 atom stereocenters. The monoisotopic (exact) mass is 630 g/mol. The number of halogens is 2. The number of phenols is 1. The predicted octanol–water partition coefficient (Wildman–Crippen LogP) is 5.23. The van der Waals surface area contributed by atoms with Crippen LogP contribution in [0.15, 0.2) is 33.5 Å². The maximum Gasteiger partial charge on any atom is 0.349 e. The van der Waals surface area contributed by atoms with Gasteiger partial charge < -0.3 is 24.3 Å². The van der Waals surface area contributed by atoms with E-state index in [1.807, 2.05) is 4.90 Å². The van der Waals surface area contributed by atoms with Crippen LogP contribution in [-0.2, 0) is 0 Å². The molecule has 46 heavy (non-hydrogen) atoms. The Kier molecular flexibility index (Phi) is 7.60. The minimum absolute atomic E-state index is 0.00594. The second-order valence-corrected chi connectivity index (χ2v) is 12.9. The number of terminal acetylenes is 1. The molecule has 3 aliphatic heterocycles. The maximum atomic E-state index is 14.7. The van der Waals surface area contributed by atoms with Crippen molar-refractivity contribution >= 4 is 27.5 Å². The van der Waals surface area contributed by atoms with E-state index in [-0.39, 0.29) is 39.6 Å². The van der Waals surface area contributed by atoms with Crippen LogP contribution >= 0.6 is 0 Å². The van der Waals surface area contributed by atoms with Crippen LogP contribution in [0, 0.1) is 25.1 Å². The fourth-order valence-electron chi connectivity index (χ4n) is 7.57. The van der Waals surface area contributed by atoms with Crippen LogP contribution in [0.3, 0.4) is 0 Å². The summed E-state index contributed by atoms with van der Waals surface area (Å²) in [5.41, 5.74) is 0.181. The number of aromatic hydroxyl groups is 1. The first-order chi connectivity index (χ1) is 22.1. The van der Waals surface area contributed by atoms with Gasteiger partial charge in [0.2, 0.25) is 0 Å². The number of nitrogens with zero attached hydrogens (tertiary/aromatic N) is 4. The van der Waals surface area contributed by atoms with E-state index >= 15 is 0 Å². The molecular formula is C35H36F2N4O5. The van der Waals surface area contributed by atoms with Crippen LogP contribution in [0.2, 0.25) is 0 Å². The number of benzene rings is 2. The Hall–Kier alpha value is -4.27. The van der Waals surface area contributed by atoms with E-state index in [2.05, 4.69) is 20.8 Å². The van der Waals surface area contributed by atoms with Crippen molar-refractivity contribution in [2.24, 2.45) is 0 Å². The van der Waals surface area contributed by atoms with Crippen molar-refractivity contribution in [1.29, 1.82) is 0 Å². The third-order valence-corrected chi connectivity index (χ3v) is 10.0. The highest BCUT2D eigenvalue weighted by Gasteiger charge is 2.52. The van der Waals surface area contributed by atoms with E-state index in [9.17, 15) is 23.8 Å². The molecule has 0 amide bonds. The molecular weight excluding hydrogens is 594 g/mol. The zero-order valence-corrected chi connectivity index (χ0v) is 25.9. The molecule has 5 heterocycles. The van der Waals surface area contributed by atoms with E-state index in [4.69, 9.17) is 15.6 Å². The van der Waals surface area contributed by atoms with Gasteiger partial charge in [0.05, 0.1) is 24.3 Å². The average Bonchev–Trinajstić information content (AvgIpc) is 3.54. The Morgan fingerprint density at radius 3 is 2.67 bits per heavy atom. The van der Waals surface area contributed by atoms with Crippen LogP contribution in [0.5, 0.6) is 11.8 Å². The molecule has 2 N–H and O–H groups in total. The highest BCUT2D eigenvalue weighted by atomic mass is 19.1. The highest BCUT2D eigenvalue weighted by molar-refractivity contribution is 6.03. The lowest BCUT2D eigenvalue weighted by atomic mass is 9.94. The van der Waals surface area contributed by atoms with Gasteiger partial charge in [0.15, 0.2) is 5.82 Å². The Balaban J connectivity index is 0.000000321. The third-order valence-electron chi connectivity index (χ3n) is 10.0. The molecule has 4 aliphatic rings.